The van der Waals surface area contributed by atoms with Crippen molar-refractivity contribution in [2.45, 2.75) is 6.54 Å². The van der Waals surface area contributed by atoms with Gasteiger partial charge in [-0.15, -0.1) is 0 Å². The Labute approximate surface area is 160 Å². The monoisotopic (exact) mass is 415 g/mol. The highest BCUT2D eigenvalue weighted by molar-refractivity contribution is 9.10. The van der Waals surface area contributed by atoms with Gasteiger partial charge in [0.25, 0.3) is 0 Å². The number of hydrogen-bond donors (Lipinski definition) is 1. The Morgan fingerprint density at radius 1 is 1.12 bits per heavy atom. The summed E-state index contributed by atoms with van der Waals surface area (Å²) < 4.78 is 12.2. The number of halogens is 1. The molecular formula is C20H18BrNO4. The van der Waals surface area contributed by atoms with Crippen molar-refractivity contribution in [2.75, 3.05) is 26.3 Å². The highest BCUT2D eigenvalue weighted by Crippen LogP contribution is 2.40. The first-order valence-electron chi connectivity index (χ1n) is 8.46. The van der Waals surface area contributed by atoms with Gasteiger partial charge in [-0.25, -0.2) is 0 Å². The van der Waals surface area contributed by atoms with Crippen LogP contribution < -0.4 is 4.74 Å². The van der Waals surface area contributed by atoms with E-state index in [9.17, 15) is 9.90 Å². The number of rotatable bonds is 3. The third-order valence-corrected chi connectivity index (χ3v) is 5.10. The van der Waals surface area contributed by atoms with Gasteiger partial charge in [0.15, 0.2) is 5.76 Å². The average Bonchev–Trinajstić information content (AvgIpc) is 2.96. The van der Waals surface area contributed by atoms with Gasteiger partial charge in [-0.3, -0.25) is 9.69 Å². The molecule has 0 radical (unpaired) electrons. The molecule has 6 heteroatoms. The molecule has 1 N–H and O–H groups in total. The topological polar surface area (TPSA) is 59.0 Å². The van der Waals surface area contributed by atoms with Crippen molar-refractivity contribution in [3.63, 3.8) is 0 Å². The number of morpholine rings is 1. The van der Waals surface area contributed by atoms with Crippen molar-refractivity contribution < 1.29 is 19.4 Å². The molecule has 26 heavy (non-hydrogen) atoms. The summed E-state index contributed by atoms with van der Waals surface area (Å²) in [5, 5.41) is 10.3. The van der Waals surface area contributed by atoms with Crippen molar-refractivity contribution in [1.29, 1.82) is 0 Å². The number of benzene rings is 2. The predicted octanol–water partition coefficient (Wildman–Crippen LogP) is 3.60. The first-order chi connectivity index (χ1) is 12.6. The third-order valence-electron chi connectivity index (χ3n) is 4.57. The highest BCUT2D eigenvalue weighted by Gasteiger charge is 2.31. The van der Waals surface area contributed by atoms with Gasteiger partial charge in [0.2, 0.25) is 5.78 Å². The Kier molecular flexibility index (Phi) is 4.80. The van der Waals surface area contributed by atoms with E-state index in [1.54, 1.807) is 18.2 Å². The van der Waals surface area contributed by atoms with E-state index in [1.165, 1.54) is 0 Å². The van der Waals surface area contributed by atoms with Gasteiger partial charge in [-0.2, -0.15) is 0 Å². The molecule has 0 aliphatic carbocycles. The van der Waals surface area contributed by atoms with Crippen LogP contribution in [-0.4, -0.2) is 42.1 Å². The molecule has 0 amide bonds. The number of nitrogens with zero attached hydrogens (tertiary/aromatic N) is 1. The van der Waals surface area contributed by atoms with Crippen LogP contribution in [-0.2, 0) is 11.3 Å². The average molecular weight is 416 g/mol. The fourth-order valence-electron chi connectivity index (χ4n) is 3.14. The Balaban J connectivity index is 1.64. The molecule has 0 aromatic heterocycles. The molecule has 1 saturated heterocycles. The van der Waals surface area contributed by atoms with Gasteiger partial charge < -0.3 is 14.6 Å². The van der Waals surface area contributed by atoms with E-state index in [-0.39, 0.29) is 17.3 Å². The maximum atomic E-state index is 12.7. The molecule has 0 saturated carbocycles. The van der Waals surface area contributed by atoms with Crippen molar-refractivity contribution in [2.24, 2.45) is 0 Å². The van der Waals surface area contributed by atoms with Gasteiger partial charge in [0.05, 0.1) is 24.3 Å². The molecule has 4 rings (SSSR count). The van der Waals surface area contributed by atoms with Crippen LogP contribution in [0.4, 0.5) is 0 Å². The lowest BCUT2D eigenvalue weighted by molar-refractivity contribution is 0.0336. The van der Waals surface area contributed by atoms with Crippen LogP contribution in [0.15, 0.2) is 46.6 Å². The minimum atomic E-state index is -0.161. The molecule has 2 heterocycles. The van der Waals surface area contributed by atoms with E-state index in [0.717, 1.165) is 23.1 Å². The van der Waals surface area contributed by atoms with Gasteiger partial charge in [-0.05, 0) is 35.9 Å². The molecular weight excluding hydrogens is 398 g/mol. The van der Waals surface area contributed by atoms with E-state index < -0.39 is 0 Å². The van der Waals surface area contributed by atoms with Crippen molar-refractivity contribution in [3.05, 3.63) is 63.3 Å². The van der Waals surface area contributed by atoms with Crippen LogP contribution in [0.5, 0.6) is 11.5 Å². The lowest BCUT2D eigenvalue weighted by atomic mass is 10.0. The number of ketones is 1. The maximum absolute atomic E-state index is 12.7. The Morgan fingerprint density at radius 3 is 2.58 bits per heavy atom. The molecule has 0 unspecified atom stereocenters. The lowest BCUT2D eigenvalue weighted by Crippen LogP contribution is -2.35. The Bertz CT molecular complexity index is 870. The molecule has 2 aromatic rings. The number of carbonyl (C=O) groups excluding carboxylic acids is 1. The van der Waals surface area contributed by atoms with Crippen LogP contribution in [0.1, 0.15) is 21.5 Å². The third kappa shape index (κ3) is 3.40. The second-order valence-electron chi connectivity index (χ2n) is 6.32. The first-order valence-corrected chi connectivity index (χ1v) is 9.26. The highest BCUT2D eigenvalue weighted by atomic mass is 79.9. The number of fused-ring (bicyclic) bond motifs is 1. The van der Waals surface area contributed by atoms with E-state index in [0.29, 0.717) is 36.6 Å². The SMILES string of the molecule is O=C1/C(=C\c2ccc(Br)cc2)Oc2c1ccc(O)c2CN1CCOCC1. The number of Topliss-reactive ketones (excluding diaryl/α,β-unsaturated/α-hetero) is 1. The van der Waals surface area contributed by atoms with Crippen LogP contribution in [0, 0.1) is 0 Å². The standard InChI is InChI=1S/C20H18BrNO4/c21-14-3-1-13(2-4-14)11-18-19(24)15-5-6-17(23)16(20(15)26-18)12-22-7-9-25-10-8-22/h1-6,11,23H,7-10,12H2/b18-11+. The molecule has 2 aliphatic rings. The number of phenolic OH excluding ortho intramolecular Hbond substituents is 1. The molecule has 5 nitrogen and oxygen atoms in total. The van der Waals surface area contributed by atoms with Gasteiger partial charge in [0.1, 0.15) is 11.5 Å². The largest absolute Gasteiger partial charge is 0.507 e. The van der Waals surface area contributed by atoms with E-state index in [1.807, 2.05) is 24.3 Å². The lowest BCUT2D eigenvalue weighted by Gasteiger charge is -2.27. The second-order valence-corrected chi connectivity index (χ2v) is 7.24. The minimum absolute atomic E-state index is 0.146. The van der Waals surface area contributed by atoms with E-state index in [2.05, 4.69) is 20.8 Å². The predicted molar refractivity (Wildman–Crippen MR) is 101 cm³/mol. The molecule has 1 fully saturated rings. The molecule has 0 bridgehead atoms. The van der Waals surface area contributed by atoms with Crippen LogP contribution in [0.25, 0.3) is 6.08 Å². The Morgan fingerprint density at radius 2 is 1.85 bits per heavy atom. The van der Waals surface area contributed by atoms with Gasteiger partial charge in [-0.1, -0.05) is 28.1 Å². The number of carbonyl (C=O) groups is 1. The van der Waals surface area contributed by atoms with Crippen LogP contribution in [0.3, 0.4) is 0 Å². The van der Waals surface area contributed by atoms with Crippen LogP contribution in [0.2, 0.25) is 0 Å². The van der Waals surface area contributed by atoms with Gasteiger partial charge >= 0.3 is 0 Å². The quantitative estimate of drug-likeness (QED) is 0.775. The Hall–Kier alpha value is -2.15. The number of hydrogen-bond acceptors (Lipinski definition) is 5. The fraction of sp³-hybridized carbons (Fsp3) is 0.250. The maximum Gasteiger partial charge on any atom is 0.231 e. The summed E-state index contributed by atoms with van der Waals surface area (Å²) in [6.07, 6.45) is 1.73. The summed E-state index contributed by atoms with van der Waals surface area (Å²) >= 11 is 3.40. The summed E-state index contributed by atoms with van der Waals surface area (Å²) in [7, 11) is 0. The number of phenols is 1. The summed E-state index contributed by atoms with van der Waals surface area (Å²) in [6.45, 7) is 3.45. The minimum Gasteiger partial charge on any atom is -0.507 e. The smallest absolute Gasteiger partial charge is 0.231 e. The van der Waals surface area contributed by atoms with Crippen molar-refractivity contribution in [1.82, 2.24) is 4.90 Å². The van der Waals surface area contributed by atoms with Crippen molar-refractivity contribution >= 4 is 27.8 Å². The molecule has 2 aliphatic heterocycles. The second kappa shape index (κ2) is 7.23. The zero-order valence-corrected chi connectivity index (χ0v) is 15.7. The molecule has 0 spiro atoms. The van der Waals surface area contributed by atoms with Gasteiger partial charge in [0, 0.05) is 24.1 Å². The summed E-state index contributed by atoms with van der Waals surface area (Å²) in [5.41, 5.74) is 2.02. The number of allylic oxidation sites excluding steroid dienone is 1. The van der Waals surface area contributed by atoms with E-state index in [4.69, 9.17) is 9.47 Å². The summed E-state index contributed by atoms with van der Waals surface area (Å²) in [6, 6.07) is 10.8. The number of aromatic hydroxyl groups is 1. The van der Waals surface area contributed by atoms with E-state index >= 15 is 0 Å². The molecule has 2 aromatic carbocycles. The zero-order valence-electron chi connectivity index (χ0n) is 14.1. The fourth-order valence-corrected chi connectivity index (χ4v) is 3.41. The summed E-state index contributed by atoms with van der Waals surface area (Å²) in [5.74, 6) is 0.722. The summed E-state index contributed by atoms with van der Waals surface area (Å²) in [4.78, 5) is 14.9. The molecule has 134 valence electrons. The van der Waals surface area contributed by atoms with Crippen LogP contribution >= 0.6 is 15.9 Å². The number of ether oxygens (including phenoxy) is 2. The zero-order chi connectivity index (χ0) is 18.1. The normalized spacial score (nSPS) is 18.8. The molecule has 0 atom stereocenters. The van der Waals surface area contributed by atoms with Crippen molar-refractivity contribution in [3.8, 4) is 11.5 Å². The first kappa shape index (κ1) is 17.3.